The molecule has 0 saturated carbocycles. The van der Waals surface area contributed by atoms with Crippen LogP contribution in [0, 0.1) is 26.2 Å². The fourth-order valence-electron chi connectivity index (χ4n) is 1.06. The summed E-state index contributed by atoms with van der Waals surface area (Å²) in [5.41, 5.74) is 0.919. The zero-order chi connectivity index (χ0) is 11.4. The van der Waals surface area contributed by atoms with Crippen molar-refractivity contribution in [2.75, 3.05) is 18.0 Å². The van der Waals surface area contributed by atoms with Crippen LogP contribution < -0.4 is 4.90 Å². The predicted octanol–water partition coefficient (Wildman–Crippen LogP) is 1.28. The van der Waals surface area contributed by atoms with E-state index in [9.17, 15) is 4.79 Å². The number of aliphatic carboxylic acids is 1. The molecule has 0 unspecified atom stereocenters. The maximum Gasteiger partial charge on any atom is 0.323 e. The molecule has 0 radical (unpaired) electrons. The average molecular weight is 224 g/mol. The summed E-state index contributed by atoms with van der Waals surface area (Å²) in [5.74, 6) is 1.52. The second kappa shape index (κ2) is 4.80. The van der Waals surface area contributed by atoms with Gasteiger partial charge in [0.05, 0.1) is 12.2 Å². The fourth-order valence-corrected chi connectivity index (χ4v) is 1.96. The van der Waals surface area contributed by atoms with Gasteiger partial charge in [-0.2, -0.15) is 0 Å². The molecule has 0 spiro atoms. The van der Waals surface area contributed by atoms with E-state index in [1.54, 1.807) is 4.90 Å². The molecule has 0 aliphatic rings. The number of carbonyl (C=O) groups is 1. The van der Waals surface area contributed by atoms with Gasteiger partial charge in [-0.05, 0) is 13.8 Å². The number of thiazole rings is 1. The van der Waals surface area contributed by atoms with E-state index in [2.05, 4.69) is 10.9 Å². The summed E-state index contributed by atoms with van der Waals surface area (Å²) in [4.78, 5) is 17.5. The highest BCUT2D eigenvalue weighted by molar-refractivity contribution is 7.15. The lowest BCUT2D eigenvalue weighted by Crippen LogP contribution is -2.29. The molecule has 15 heavy (non-hydrogen) atoms. The van der Waals surface area contributed by atoms with Gasteiger partial charge in [0.1, 0.15) is 6.54 Å². The monoisotopic (exact) mass is 224 g/mol. The van der Waals surface area contributed by atoms with Crippen molar-refractivity contribution in [3.63, 3.8) is 0 Å². The predicted molar refractivity (Wildman–Crippen MR) is 60.3 cm³/mol. The lowest BCUT2D eigenvalue weighted by molar-refractivity contribution is -0.135. The normalized spacial score (nSPS) is 9.67. The third kappa shape index (κ3) is 2.96. The second-order valence-corrected chi connectivity index (χ2v) is 4.27. The first-order chi connectivity index (χ1) is 7.04. The third-order valence-corrected chi connectivity index (χ3v) is 3.03. The summed E-state index contributed by atoms with van der Waals surface area (Å²) in [7, 11) is 0. The van der Waals surface area contributed by atoms with E-state index in [4.69, 9.17) is 11.5 Å². The molecule has 0 aliphatic carbocycles. The van der Waals surface area contributed by atoms with E-state index in [1.165, 1.54) is 11.3 Å². The number of carboxylic acids is 1. The highest BCUT2D eigenvalue weighted by atomic mass is 32.1. The Morgan fingerprint density at radius 1 is 1.67 bits per heavy atom. The van der Waals surface area contributed by atoms with Crippen molar-refractivity contribution in [3.8, 4) is 12.3 Å². The number of anilines is 1. The van der Waals surface area contributed by atoms with E-state index >= 15 is 0 Å². The van der Waals surface area contributed by atoms with Gasteiger partial charge >= 0.3 is 5.97 Å². The van der Waals surface area contributed by atoms with Gasteiger partial charge in [-0.15, -0.1) is 17.8 Å². The van der Waals surface area contributed by atoms with E-state index < -0.39 is 5.97 Å². The Balaban J connectivity index is 2.89. The van der Waals surface area contributed by atoms with Crippen LogP contribution in [0.15, 0.2) is 0 Å². The third-order valence-electron chi connectivity index (χ3n) is 1.90. The van der Waals surface area contributed by atoms with Crippen molar-refractivity contribution in [1.29, 1.82) is 0 Å². The van der Waals surface area contributed by atoms with Gasteiger partial charge in [0.2, 0.25) is 0 Å². The molecule has 1 rings (SSSR count). The maximum atomic E-state index is 10.6. The summed E-state index contributed by atoms with van der Waals surface area (Å²) in [6, 6.07) is 0. The molecule has 1 aromatic heterocycles. The second-order valence-electron chi connectivity index (χ2n) is 3.09. The summed E-state index contributed by atoms with van der Waals surface area (Å²) >= 11 is 1.46. The molecule has 5 heteroatoms. The molecular formula is C10H12N2O2S. The number of carboxylic acid groups (broad SMARTS) is 1. The molecular weight excluding hydrogens is 212 g/mol. The number of hydrogen-bond acceptors (Lipinski definition) is 4. The highest BCUT2D eigenvalue weighted by Gasteiger charge is 2.14. The average Bonchev–Trinajstić information content (AvgIpc) is 2.46. The van der Waals surface area contributed by atoms with Crippen LogP contribution in [-0.4, -0.2) is 29.1 Å². The molecule has 0 saturated heterocycles. The Kier molecular flexibility index (Phi) is 3.69. The van der Waals surface area contributed by atoms with Crippen LogP contribution in [0.4, 0.5) is 5.13 Å². The number of aryl methyl sites for hydroxylation is 2. The summed E-state index contributed by atoms with van der Waals surface area (Å²) in [6.45, 7) is 3.99. The summed E-state index contributed by atoms with van der Waals surface area (Å²) in [5, 5.41) is 9.39. The Morgan fingerprint density at radius 2 is 2.33 bits per heavy atom. The number of hydrogen-bond donors (Lipinski definition) is 1. The zero-order valence-corrected chi connectivity index (χ0v) is 9.47. The first kappa shape index (κ1) is 11.5. The first-order valence-electron chi connectivity index (χ1n) is 4.39. The van der Waals surface area contributed by atoms with Crippen LogP contribution in [0.25, 0.3) is 0 Å². The number of rotatable bonds is 4. The number of terminal acetylenes is 1. The van der Waals surface area contributed by atoms with Crippen molar-refractivity contribution >= 4 is 22.4 Å². The minimum absolute atomic E-state index is 0.114. The molecule has 0 fully saturated rings. The van der Waals surface area contributed by atoms with Crippen molar-refractivity contribution in [1.82, 2.24) is 4.98 Å². The van der Waals surface area contributed by atoms with E-state index in [0.717, 1.165) is 10.6 Å². The Bertz CT molecular complexity index is 387. The fraction of sp³-hybridized carbons (Fsp3) is 0.400. The van der Waals surface area contributed by atoms with Gasteiger partial charge in [0, 0.05) is 4.88 Å². The largest absolute Gasteiger partial charge is 0.480 e. The van der Waals surface area contributed by atoms with E-state index in [0.29, 0.717) is 5.13 Å². The Hall–Kier alpha value is -1.54. The van der Waals surface area contributed by atoms with Crippen LogP contribution in [0.5, 0.6) is 0 Å². The van der Waals surface area contributed by atoms with Crippen molar-refractivity contribution in [2.24, 2.45) is 0 Å². The van der Waals surface area contributed by atoms with Gasteiger partial charge in [-0.25, -0.2) is 4.98 Å². The lowest BCUT2D eigenvalue weighted by atomic mass is 10.4. The van der Waals surface area contributed by atoms with Gasteiger partial charge < -0.3 is 10.0 Å². The van der Waals surface area contributed by atoms with Crippen LogP contribution in [-0.2, 0) is 4.79 Å². The SMILES string of the molecule is C#CCN(CC(=O)O)c1nc(C)c(C)s1. The standard InChI is InChI=1S/C10H12N2O2S/c1-4-5-12(6-9(13)14)10-11-7(2)8(3)15-10/h1H,5-6H2,2-3H3,(H,13,14). The topological polar surface area (TPSA) is 53.4 Å². The summed E-state index contributed by atoms with van der Waals surface area (Å²) < 4.78 is 0. The van der Waals surface area contributed by atoms with Crippen molar-refractivity contribution in [3.05, 3.63) is 10.6 Å². The molecule has 1 heterocycles. The van der Waals surface area contributed by atoms with Gasteiger partial charge in [0.25, 0.3) is 0 Å². The van der Waals surface area contributed by atoms with Crippen molar-refractivity contribution < 1.29 is 9.90 Å². The van der Waals surface area contributed by atoms with Gasteiger partial charge in [-0.3, -0.25) is 4.79 Å². The van der Waals surface area contributed by atoms with Crippen LogP contribution in [0.1, 0.15) is 10.6 Å². The molecule has 1 N–H and O–H groups in total. The minimum atomic E-state index is -0.907. The minimum Gasteiger partial charge on any atom is -0.480 e. The number of aromatic nitrogens is 1. The molecule has 1 aromatic rings. The Labute approximate surface area is 92.6 Å². The molecule has 80 valence electrons. The molecule has 0 bridgehead atoms. The van der Waals surface area contributed by atoms with Crippen LogP contribution in [0.2, 0.25) is 0 Å². The van der Waals surface area contributed by atoms with E-state index in [1.807, 2.05) is 13.8 Å². The first-order valence-corrected chi connectivity index (χ1v) is 5.20. The molecule has 0 aliphatic heterocycles. The smallest absolute Gasteiger partial charge is 0.323 e. The van der Waals surface area contributed by atoms with Gasteiger partial charge in [-0.1, -0.05) is 5.92 Å². The van der Waals surface area contributed by atoms with Gasteiger partial charge in [0.15, 0.2) is 5.13 Å². The maximum absolute atomic E-state index is 10.6. The van der Waals surface area contributed by atoms with Crippen LogP contribution in [0.3, 0.4) is 0 Å². The molecule has 4 nitrogen and oxygen atoms in total. The summed E-state index contributed by atoms with van der Waals surface area (Å²) in [6.07, 6.45) is 5.18. The molecule has 0 atom stereocenters. The van der Waals surface area contributed by atoms with Crippen molar-refractivity contribution in [2.45, 2.75) is 13.8 Å². The number of nitrogens with zero attached hydrogens (tertiary/aromatic N) is 2. The van der Waals surface area contributed by atoms with Crippen LogP contribution >= 0.6 is 11.3 Å². The highest BCUT2D eigenvalue weighted by Crippen LogP contribution is 2.24. The molecule has 0 aromatic carbocycles. The molecule has 0 amide bonds. The Morgan fingerprint density at radius 3 is 2.73 bits per heavy atom. The zero-order valence-electron chi connectivity index (χ0n) is 8.65. The van der Waals surface area contributed by atoms with E-state index in [-0.39, 0.29) is 13.1 Å². The quantitative estimate of drug-likeness (QED) is 0.783. The lowest BCUT2D eigenvalue weighted by Gasteiger charge is -2.15.